The summed E-state index contributed by atoms with van der Waals surface area (Å²) in [7, 11) is 0. The quantitative estimate of drug-likeness (QED) is 0.337. The van der Waals surface area contributed by atoms with Crippen molar-refractivity contribution in [3.63, 3.8) is 0 Å². The zero-order valence-electron chi connectivity index (χ0n) is 16.0. The summed E-state index contributed by atoms with van der Waals surface area (Å²) in [5, 5.41) is 59.8. The second kappa shape index (κ2) is 8.83. The zero-order valence-corrected chi connectivity index (χ0v) is 16.8. The average Bonchev–Trinajstić information content (AvgIpc) is 2.74. The maximum Gasteiger partial charge on any atom is 0.200 e. The summed E-state index contributed by atoms with van der Waals surface area (Å²) in [5.41, 5.74) is 0.150. The van der Waals surface area contributed by atoms with Crippen molar-refractivity contribution in [2.45, 2.75) is 30.5 Å². The molecular formula is C21H21ClO9. The first-order valence-electron chi connectivity index (χ1n) is 9.20. The third-order valence-electron chi connectivity index (χ3n) is 5.31. The highest BCUT2D eigenvalue weighted by molar-refractivity contribution is 5.86. The Morgan fingerprint density at radius 1 is 0.903 bits per heavy atom. The number of ether oxygens (including phenoxy) is 1. The van der Waals surface area contributed by atoms with Crippen molar-refractivity contribution in [3.8, 4) is 22.6 Å². The Morgan fingerprint density at radius 3 is 2.23 bits per heavy atom. The summed E-state index contributed by atoms with van der Waals surface area (Å²) in [6.45, 7) is -0.637. The Bertz CT molecular complexity index is 1130. The summed E-state index contributed by atoms with van der Waals surface area (Å²) in [6.07, 6.45) is -6.24. The molecule has 9 nitrogen and oxygen atoms in total. The number of hydrogen-bond donors (Lipinski definition) is 6. The topological polar surface area (TPSA) is 161 Å². The normalized spacial score (nSPS) is 25.9. The first-order chi connectivity index (χ1) is 14.3. The molecule has 0 aliphatic carbocycles. The van der Waals surface area contributed by atoms with Crippen LogP contribution in [0.15, 0.2) is 51.9 Å². The van der Waals surface area contributed by atoms with Gasteiger partial charge in [-0.3, -0.25) is 4.79 Å². The maximum atomic E-state index is 13.0. The standard InChI is InChI=1S/C21H20O9.ClH/c22-7-14-17(26)18(27)19(28)21(30-14)15-13(24)6-5-11-16(25)12(8-29-20(11)15)9-1-3-10(23)4-2-9;/h1-6,8,14,17-19,21-24,26-28H,7H2;1H/t14-,17-,18+,19-,21+;/m1./s1. The van der Waals surface area contributed by atoms with Gasteiger partial charge in [-0.2, -0.15) is 0 Å². The van der Waals surface area contributed by atoms with E-state index in [2.05, 4.69) is 0 Å². The first kappa shape index (κ1) is 23.0. The third kappa shape index (κ3) is 3.87. The number of aliphatic hydroxyl groups is 4. The lowest BCUT2D eigenvalue weighted by molar-refractivity contribution is -0.231. The summed E-state index contributed by atoms with van der Waals surface area (Å²) < 4.78 is 11.1. The Hall–Kier alpha value is -2.66. The molecule has 1 aliphatic heterocycles. The summed E-state index contributed by atoms with van der Waals surface area (Å²) in [5.74, 6) is -0.314. The lowest BCUT2D eigenvalue weighted by atomic mass is 9.89. The summed E-state index contributed by atoms with van der Waals surface area (Å²) in [4.78, 5) is 13.0. The van der Waals surface area contributed by atoms with E-state index in [0.29, 0.717) is 5.56 Å². The van der Waals surface area contributed by atoms with Gasteiger partial charge in [0.05, 0.1) is 23.1 Å². The van der Waals surface area contributed by atoms with Crippen LogP contribution in [0, 0.1) is 0 Å². The number of fused-ring (bicyclic) bond motifs is 1. The minimum Gasteiger partial charge on any atom is -0.508 e. The highest BCUT2D eigenvalue weighted by Crippen LogP contribution is 2.40. The van der Waals surface area contributed by atoms with Crippen LogP contribution in [0.5, 0.6) is 11.5 Å². The van der Waals surface area contributed by atoms with Gasteiger partial charge in [-0.15, -0.1) is 12.4 Å². The highest BCUT2D eigenvalue weighted by atomic mass is 35.5. The molecule has 166 valence electrons. The number of aliphatic hydroxyl groups excluding tert-OH is 4. The molecule has 1 saturated heterocycles. The molecule has 0 radical (unpaired) electrons. The molecule has 1 fully saturated rings. The Balaban J connectivity index is 0.00000272. The second-order valence-electron chi connectivity index (χ2n) is 7.15. The molecule has 0 amide bonds. The molecule has 31 heavy (non-hydrogen) atoms. The van der Waals surface area contributed by atoms with Gasteiger partial charge in [0.15, 0.2) is 0 Å². The van der Waals surface area contributed by atoms with Crippen molar-refractivity contribution in [3.05, 3.63) is 58.4 Å². The lowest BCUT2D eigenvalue weighted by Crippen LogP contribution is -2.55. The molecular weight excluding hydrogens is 432 g/mol. The fraction of sp³-hybridized carbons (Fsp3) is 0.286. The SMILES string of the molecule is Cl.O=c1c(-c2ccc(O)cc2)coc2c([C@@H]3O[C@H](CO)[C@@H](O)[C@H](O)[C@H]3O)c(O)ccc12. The van der Waals surface area contributed by atoms with E-state index in [1.54, 1.807) is 12.1 Å². The molecule has 0 unspecified atom stereocenters. The van der Waals surface area contributed by atoms with Crippen molar-refractivity contribution in [2.75, 3.05) is 6.61 Å². The van der Waals surface area contributed by atoms with Gasteiger partial charge in [0.2, 0.25) is 5.43 Å². The molecule has 4 rings (SSSR count). The van der Waals surface area contributed by atoms with E-state index in [-0.39, 0.29) is 46.0 Å². The molecule has 0 saturated carbocycles. The van der Waals surface area contributed by atoms with E-state index in [1.807, 2.05) is 0 Å². The van der Waals surface area contributed by atoms with Gasteiger partial charge in [0, 0.05) is 0 Å². The van der Waals surface area contributed by atoms with Gasteiger partial charge in [0.25, 0.3) is 0 Å². The van der Waals surface area contributed by atoms with Crippen LogP contribution in [0.4, 0.5) is 0 Å². The van der Waals surface area contributed by atoms with Crippen molar-refractivity contribution in [1.29, 1.82) is 0 Å². The Morgan fingerprint density at radius 2 is 1.58 bits per heavy atom. The fourth-order valence-electron chi connectivity index (χ4n) is 3.67. The zero-order chi connectivity index (χ0) is 21.6. The number of aromatic hydroxyl groups is 2. The van der Waals surface area contributed by atoms with Crippen LogP contribution >= 0.6 is 12.4 Å². The molecule has 0 bridgehead atoms. The predicted octanol–water partition coefficient (Wildman–Crippen LogP) is 0.808. The van der Waals surface area contributed by atoms with Crippen LogP contribution in [0.2, 0.25) is 0 Å². The van der Waals surface area contributed by atoms with E-state index < -0.39 is 42.6 Å². The smallest absolute Gasteiger partial charge is 0.200 e. The van der Waals surface area contributed by atoms with Gasteiger partial charge in [-0.05, 0) is 29.8 Å². The molecule has 6 N–H and O–H groups in total. The molecule has 2 aromatic carbocycles. The third-order valence-corrected chi connectivity index (χ3v) is 5.31. The van der Waals surface area contributed by atoms with Crippen LogP contribution in [-0.2, 0) is 4.74 Å². The number of phenolic OH excluding ortho intramolecular Hbond substituents is 2. The van der Waals surface area contributed by atoms with Crippen LogP contribution in [0.25, 0.3) is 22.1 Å². The number of benzene rings is 2. The summed E-state index contributed by atoms with van der Waals surface area (Å²) >= 11 is 0. The van der Waals surface area contributed by atoms with Gasteiger partial charge in [-0.25, -0.2) is 0 Å². The predicted molar refractivity (Wildman–Crippen MR) is 111 cm³/mol. The van der Waals surface area contributed by atoms with E-state index in [4.69, 9.17) is 9.15 Å². The van der Waals surface area contributed by atoms with Crippen molar-refractivity contribution in [1.82, 2.24) is 0 Å². The number of halogens is 1. The van der Waals surface area contributed by atoms with Crippen LogP contribution in [-0.4, -0.2) is 61.7 Å². The van der Waals surface area contributed by atoms with E-state index >= 15 is 0 Å². The Labute approximate surface area is 181 Å². The van der Waals surface area contributed by atoms with Gasteiger partial charge >= 0.3 is 0 Å². The fourth-order valence-corrected chi connectivity index (χ4v) is 3.67. The Kier molecular flexibility index (Phi) is 6.56. The van der Waals surface area contributed by atoms with Gasteiger partial charge in [-0.1, -0.05) is 12.1 Å². The maximum absolute atomic E-state index is 13.0. The molecule has 3 aromatic rings. The lowest BCUT2D eigenvalue weighted by Gasteiger charge is -2.40. The number of phenols is 2. The molecule has 0 spiro atoms. The van der Waals surface area contributed by atoms with Crippen LogP contribution in [0.1, 0.15) is 11.7 Å². The van der Waals surface area contributed by atoms with Crippen LogP contribution in [0.3, 0.4) is 0 Å². The van der Waals surface area contributed by atoms with Crippen molar-refractivity contribution >= 4 is 23.4 Å². The first-order valence-corrected chi connectivity index (χ1v) is 9.20. The second-order valence-corrected chi connectivity index (χ2v) is 7.15. The van der Waals surface area contributed by atoms with Gasteiger partial charge in [0.1, 0.15) is 53.9 Å². The molecule has 2 heterocycles. The van der Waals surface area contributed by atoms with Crippen molar-refractivity contribution in [2.24, 2.45) is 0 Å². The summed E-state index contributed by atoms with van der Waals surface area (Å²) in [6, 6.07) is 8.54. The minimum atomic E-state index is -1.65. The molecule has 5 atom stereocenters. The molecule has 1 aliphatic rings. The van der Waals surface area contributed by atoms with E-state index in [9.17, 15) is 35.4 Å². The average molecular weight is 453 g/mol. The largest absolute Gasteiger partial charge is 0.508 e. The highest BCUT2D eigenvalue weighted by Gasteiger charge is 2.45. The number of rotatable bonds is 3. The molecule has 1 aromatic heterocycles. The van der Waals surface area contributed by atoms with E-state index in [0.717, 1.165) is 0 Å². The van der Waals surface area contributed by atoms with Crippen molar-refractivity contribution < 1.29 is 39.8 Å². The van der Waals surface area contributed by atoms with Crippen LogP contribution < -0.4 is 5.43 Å². The van der Waals surface area contributed by atoms with E-state index in [1.165, 1.54) is 30.5 Å². The minimum absolute atomic E-state index is 0. The van der Waals surface area contributed by atoms with Gasteiger partial charge < -0.3 is 39.8 Å². The molecule has 10 heteroatoms. The monoisotopic (exact) mass is 452 g/mol. The number of hydrogen-bond acceptors (Lipinski definition) is 9.